The van der Waals surface area contributed by atoms with Crippen molar-refractivity contribution in [3.8, 4) is 11.4 Å². The van der Waals surface area contributed by atoms with Crippen molar-refractivity contribution in [2.45, 2.75) is 25.5 Å². The number of hydrogen-bond acceptors (Lipinski definition) is 7. The molecule has 0 spiro atoms. The van der Waals surface area contributed by atoms with Crippen LogP contribution < -0.4 is 10.1 Å². The number of nitrogens with one attached hydrogen (secondary N) is 1. The van der Waals surface area contributed by atoms with Gasteiger partial charge in [0.2, 0.25) is 0 Å². The van der Waals surface area contributed by atoms with Crippen LogP contribution in [-0.2, 0) is 10.3 Å². The number of aromatic nitrogens is 4. The summed E-state index contributed by atoms with van der Waals surface area (Å²) in [7, 11) is 0. The number of carbonyl (C=O) groups excluding carboxylic acids is 2. The second-order valence-electron chi connectivity index (χ2n) is 7.56. The molecule has 0 unspecified atom stereocenters. The molecule has 1 aliphatic rings. The fourth-order valence-electron chi connectivity index (χ4n) is 3.46. The summed E-state index contributed by atoms with van der Waals surface area (Å²) in [5.74, 6) is 0.154. The van der Waals surface area contributed by atoms with Crippen LogP contribution in [-0.4, -0.2) is 61.4 Å². The number of imide groups is 1. The van der Waals surface area contributed by atoms with Crippen LogP contribution in [0.15, 0.2) is 54.9 Å². The number of hydrogen-bond donors (Lipinski definition) is 2. The van der Waals surface area contributed by atoms with Crippen LogP contribution >= 0.6 is 0 Å². The van der Waals surface area contributed by atoms with Crippen molar-refractivity contribution in [1.82, 2.24) is 30.4 Å². The van der Waals surface area contributed by atoms with Crippen molar-refractivity contribution >= 4 is 11.9 Å². The predicted octanol–water partition coefficient (Wildman–Crippen LogP) is 1.18. The SMILES string of the molecule is Cc1cccc(OC[C@@H](O)CN2C(=O)N[C@](C)(c3cccc(-n4cnnn4)c3)C2=O)c1. The number of amides is 3. The molecule has 1 aliphatic heterocycles. The highest BCUT2D eigenvalue weighted by Gasteiger charge is 2.49. The summed E-state index contributed by atoms with van der Waals surface area (Å²) in [5.41, 5.74) is 0.974. The number of rotatable bonds is 7. The summed E-state index contributed by atoms with van der Waals surface area (Å²) in [6, 6.07) is 13.8. The van der Waals surface area contributed by atoms with Crippen LogP contribution in [0, 0.1) is 6.92 Å². The lowest BCUT2D eigenvalue weighted by Crippen LogP contribution is -2.42. The fourth-order valence-corrected chi connectivity index (χ4v) is 3.46. The molecule has 2 heterocycles. The van der Waals surface area contributed by atoms with Crippen LogP contribution in [0.3, 0.4) is 0 Å². The first-order valence-electron chi connectivity index (χ1n) is 9.72. The first-order chi connectivity index (χ1) is 14.9. The van der Waals surface area contributed by atoms with E-state index in [0.717, 1.165) is 10.5 Å². The maximum Gasteiger partial charge on any atom is 0.325 e. The summed E-state index contributed by atoms with van der Waals surface area (Å²) in [5, 5.41) is 24.1. The quantitative estimate of drug-likeness (QED) is 0.548. The minimum absolute atomic E-state index is 0.0496. The molecule has 2 N–H and O–H groups in total. The average molecular weight is 422 g/mol. The van der Waals surface area contributed by atoms with Crippen LogP contribution in [0.25, 0.3) is 5.69 Å². The van der Waals surface area contributed by atoms with E-state index in [4.69, 9.17) is 4.74 Å². The molecular formula is C21H22N6O4. The van der Waals surface area contributed by atoms with E-state index in [2.05, 4.69) is 20.8 Å². The molecule has 0 saturated carbocycles. The summed E-state index contributed by atoms with van der Waals surface area (Å²) < 4.78 is 7.04. The lowest BCUT2D eigenvalue weighted by molar-refractivity contribution is -0.132. The Balaban J connectivity index is 1.46. The van der Waals surface area contributed by atoms with Crippen molar-refractivity contribution in [3.05, 3.63) is 66.0 Å². The second-order valence-corrected chi connectivity index (χ2v) is 7.56. The maximum absolute atomic E-state index is 13.1. The average Bonchev–Trinajstić information content (AvgIpc) is 3.37. The van der Waals surface area contributed by atoms with Gasteiger partial charge in [0.15, 0.2) is 0 Å². The Morgan fingerprint density at radius 3 is 2.74 bits per heavy atom. The second kappa shape index (κ2) is 8.15. The Kier molecular flexibility index (Phi) is 5.38. The Morgan fingerprint density at radius 1 is 1.19 bits per heavy atom. The van der Waals surface area contributed by atoms with Gasteiger partial charge in [-0.2, -0.15) is 0 Å². The zero-order valence-corrected chi connectivity index (χ0v) is 17.1. The normalized spacial score (nSPS) is 19.4. The number of β-amino-alcohol motifs (C(OH)–C–C–N with tert-alkyl or cyclic N) is 1. The van der Waals surface area contributed by atoms with Crippen LogP contribution in [0.4, 0.5) is 4.79 Å². The van der Waals surface area contributed by atoms with Crippen molar-refractivity contribution in [2.75, 3.05) is 13.2 Å². The molecule has 1 saturated heterocycles. The predicted molar refractivity (Wildman–Crippen MR) is 109 cm³/mol. The van der Waals surface area contributed by atoms with Crippen LogP contribution in [0.2, 0.25) is 0 Å². The molecule has 3 aromatic rings. The number of urea groups is 1. The number of benzene rings is 2. The number of carbonyl (C=O) groups is 2. The van der Waals surface area contributed by atoms with E-state index >= 15 is 0 Å². The van der Waals surface area contributed by atoms with Gasteiger partial charge in [-0.05, 0) is 59.7 Å². The topological polar surface area (TPSA) is 122 Å². The van der Waals surface area contributed by atoms with Crippen molar-refractivity contribution in [3.63, 3.8) is 0 Å². The van der Waals surface area contributed by atoms with Gasteiger partial charge < -0.3 is 15.2 Å². The van der Waals surface area contributed by atoms with Crippen LogP contribution in [0.1, 0.15) is 18.1 Å². The zero-order valence-electron chi connectivity index (χ0n) is 17.1. The molecule has 3 amide bonds. The van der Waals surface area contributed by atoms with E-state index in [0.29, 0.717) is 17.0 Å². The Morgan fingerprint density at radius 2 is 2.00 bits per heavy atom. The first-order valence-corrected chi connectivity index (χ1v) is 9.72. The number of aryl methyl sites for hydroxylation is 1. The highest BCUT2D eigenvalue weighted by Crippen LogP contribution is 2.30. The molecule has 0 aliphatic carbocycles. The van der Waals surface area contributed by atoms with Crippen LogP contribution in [0.5, 0.6) is 5.75 Å². The summed E-state index contributed by atoms with van der Waals surface area (Å²) in [4.78, 5) is 26.7. The molecule has 2 atom stereocenters. The monoisotopic (exact) mass is 422 g/mol. The molecular weight excluding hydrogens is 400 g/mol. The minimum atomic E-state index is -1.28. The van der Waals surface area contributed by atoms with Gasteiger partial charge in [-0.3, -0.25) is 9.69 Å². The number of aliphatic hydroxyl groups is 1. The highest BCUT2D eigenvalue weighted by molar-refractivity contribution is 6.07. The number of aliphatic hydroxyl groups excluding tert-OH is 1. The fraction of sp³-hybridized carbons (Fsp3) is 0.286. The maximum atomic E-state index is 13.1. The molecule has 0 bridgehead atoms. The van der Waals surface area contributed by atoms with Gasteiger partial charge in [0.1, 0.15) is 30.3 Å². The summed E-state index contributed by atoms with van der Waals surface area (Å²) in [6.45, 7) is 3.33. The highest BCUT2D eigenvalue weighted by atomic mass is 16.5. The molecule has 1 fully saturated rings. The molecule has 4 rings (SSSR count). The third-order valence-corrected chi connectivity index (χ3v) is 5.14. The Bertz CT molecular complexity index is 1100. The lowest BCUT2D eigenvalue weighted by Gasteiger charge is -2.23. The van der Waals surface area contributed by atoms with E-state index in [1.54, 1.807) is 37.3 Å². The molecule has 0 radical (unpaired) electrons. The molecule has 31 heavy (non-hydrogen) atoms. The van der Waals surface area contributed by atoms with E-state index in [1.165, 1.54) is 11.0 Å². The zero-order chi connectivity index (χ0) is 22.0. The van der Waals surface area contributed by atoms with Crippen molar-refractivity contribution in [1.29, 1.82) is 0 Å². The lowest BCUT2D eigenvalue weighted by atomic mass is 9.91. The third-order valence-electron chi connectivity index (χ3n) is 5.14. The molecule has 2 aromatic carbocycles. The van der Waals surface area contributed by atoms with Crippen molar-refractivity contribution < 1.29 is 19.4 Å². The van der Waals surface area contributed by atoms with E-state index < -0.39 is 23.6 Å². The van der Waals surface area contributed by atoms with E-state index in [1.807, 2.05) is 25.1 Å². The van der Waals surface area contributed by atoms with Gasteiger partial charge >= 0.3 is 6.03 Å². The van der Waals surface area contributed by atoms with Gasteiger partial charge in [0.05, 0.1) is 12.2 Å². The van der Waals surface area contributed by atoms with E-state index in [-0.39, 0.29) is 13.2 Å². The molecule has 160 valence electrons. The van der Waals surface area contributed by atoms with Gasteiger partial charge in [-0.25, -0.2) is 9.48 Å². The number of ether oxygens (including phenoxy) is 1. The first kappa shape index (κ1) is 20.5. The minimum Gasteiger partial charge on any atom is -0.491 e. The Labute approximate surface area is 178 Å². The Hall–Kier alpha value is -3.79. The van der Waals surface area contributed by atoms with Gasteiger partial charge in [-0.15, -0.1) is 5.10 Å². The summed E-state index contributed by atoms with van der Waals surface area (Å²) >= 11 is 0. The number of tetrazole rings is 1. The smallest absolute Gasteiger partial charge is 0.325 e. The number of nitrogens with zero attached hydrogens (tertiary/aromatic N) is 5. The van der Waals surface area contributed by atoms with Gasteiger partial charge in [0, 0.05) is 0 Å². The molecule has 10 heteroatoms. The standard InChI is InChI=1S/C21H22N6O4/c1-14-5-3-8-18(9-14)31-12-17(28)11-26-19(29)21(2,23-20(26)30)15-6-4-7-16(10-15)27-13-22-24-25-27/h3-10,13,17,28H,11-12H2,1-2H3,(H,23,30)/t17-,21+/m0/s1. The molecule has 10 nitrogen and oxygen atoms in total. The van der Waals surface area contributed by atoms with Gasteiger partial charge in [-0.1, -0.05) is 24.3 Å². The van der Waals surface area contributed by atoms with Gasteiger partial charge in [0.25, 0.3) is 5.91 Å². The molecule has 1 aromatic heterocycles. The van der Waals surface area contributed by atoms with E-state index in [9.17, 15) is 14.7 Å². The summed E-state index contributed by atoms with van der Waals surface area (Å²) in [6.07, 6.45) is 0.401. The van der Waals surface area contributed by atoms with Crippen molar-refractivity contribution in [2.24, 2.45) is 0 Å². The largest absolute Gasteiger partial charge is 0.491 e. The third kappa shape index (κ3) is 4.10.